The monoisotopic (exact) mass is 219 g/mol. The standard InChI is InChI=1S/C9H5N3O2S/c13-12(14)8-2-1-6-5-10-7-3-4-15-9(7)11(6)8/h1-5H. The number of thiophene rings is 1. The molecule has 3 aromatic heterocycles. The van der Waals surface area contributed by atoms with Crippen LogP contribution >= 0.6 is 11.3 Å². The van der Waals surface area contributed by atoms with Crippen LogP contribution in [-0.4, -0.2) is 14.3 Å². The van der Waals surface area contributed by atoms with Gasteiger partial charge in [-0.05, 0) is 22.4 Å². The molecule has 0 atom stereocenters. The Morgan fingerprint density at radius 2 is 2.27 bits per heavy atom. The topological polar surface area (TPSA) is 60.4 Å². The molecule has 0 N–H and O–H groups in total. The van der Waals surface area contributed by atoms with Crippen molar-refractivity contribution in [1.82, 2.24) is 9.38 Å². The highest BCUT2D eigenvalue weighted by Crippen LogP contribution is 2.26. The summed E-state index contributed by atoms with van der Waals surface area (Å²) in [4.78, 5) is 15.4. The van der Waals surface area contributed by atoms with Gasteiger partial charge in [0.1, 0.15) is 5.52 Å². The second kappa shape index (κ2) is 2.77. The number of nitro groups is 1. The van der Waals surface area contributed by atoms with Crippen LogP contribution in [0.25, 0.3) is 15.9 Å². The van der Waals surface area contributed by atoms with Crippen LogP contribution in [0.4, 0.5) is 5.82 Å². The highest BCUT2D eigenvalue weighted by Gasteiger charge is 2.16. The third kappa shape index (κ3) is 1.05. The largest absolute Gasteiger partial charge is 0.358 e. The number of fused-ring (bicyclic) bond motifs is 3. The summed E-state index contributed by atoms with van der Waals surface area (Å²) in [6.07, 6.45) is 1.64. The number of rotatable bonds is 1. The molecule has 0 aliphatic carbocycles. The van der Waals surface area contributed by atoms with Gasteiger partial charge in [0.25, 0.3) is 0 Å². The predicted molar refractivity (Wildman–Crippen MR) is 57.2 cm³/mol. The predicted octanol–water partition coefficient (Wildman–Crippen LogP) is 2.46. The highest BCUT2D eigenvalue weighted by atomic mass is 32.1. The van der Waals surface area contributed by atoms with E-state index in [-0.39, 0.29) is 10.7 Å². The van der Waals surface area contributed by atoms with Gasteiger partial charge in [0.15, 0.2) is 5.52 Å². The third-order valence-corrected chi connectivity index (χ3v) is 3.13. The number of nitrogens with zero attached hydrogens (tertiary/aromatic N) is 3. The van der Waals surface area contributed by atoms with E-state index >= 15 is 0 Å². The van der Waals surface area contributed by atoms with Crippen LogP contribution in [0.15, 0.2) is 29.8 Å². The van der Waals surface area contributed by atoms with Gasteiger partial charge in [-0.3, -0.25) is 0 Å². The highest BCUT2D eigenvalue weighted by molar-refractivity contribution is 7.16. The van der Waals surface area contributed by atoms with Crippen LogP contribution in [0.1, 0.15) is 0 Å². The Kier molecular flexibility index (Phi) is 1.54. The van der Waals surface area contributed by atoms with Crippen LogP contribution in [-0.2, 0) is 0 Å². The Morgan fingerprint density at radius 1 is 1.40 bits per heavy atom. The van der Waals surface area contributed by atoms with Crippen LogP contribution in [0.5, 0.6) is 0 Å². The molecule has 5 nitrogen and oxygen atoms in total. The fraction of sp³-hybridized carbons (Fsp3) is 0. The summed E-state index contributed by atoms with van der Waals surface area (Å²) in [6, 6.07) is 5.05. The molecule has 0 amide bonds. The van der Waals surface area contributed by atoms with Gasteiger partial charge in [0.2, 0.25) is 4.83 Å². The zero-order valence-electron chi connectivity index (χ0n) is 7.45. The maximum Gasteiger partial charge on any atom is 0.329 e. The van der Waals surface area contributed by atoms with Gasteiger partial charge in [-0.1, -0.05) is 0 Å². The number of aromatic nitrogens is 2. The van der Waals surface area contributed by atoms with E-state index in [4.69, 9.17) is 0 Å². The van der Waals surface area contributed by atoms with Gasteiger partial charge in [-0.25, -0.2) is 4.98 Å². The van der Waals surface area contributed by atoms with Crippen LogP contribution < -0.4 is 0 Å². The molecule has 74 valence electrons. The summed E-state index contributed by atoms with van der Waals surface area (Å²) in [5.41, 5.74) is 1.53. The minimum absolute atomic E-state index is 0.0832. The zero-order chi connectivity index (χ0) is 10.4. The molecule has 0 spiro atoms. The number of hydrogen-bond donors (Lipinski definition) is 0. The summed E-state index contributed by atoms with van der Waals surface area (Å²) in [5, 5.41) is 12.7. The molecule has 3 rings (SSSR count). The number of hydrogen-bond acceptors (Lipinski definition) is 4. The molecule has 3 aromatic rings. The fourth-order valence-corrected chi connectivity index (χ4v) is 2.47. The normalized spacial score (nSPS) is 11.2. The molecule has 0 aromatic carbocycles. The Balaban J connectivity index is 2.57. The summed E-state index contributed by atoms with van der Waals surface area (Å²) in [5.74, 6) is 0.0832. The first-order valence-electron chi connectivity index (χ1n) is 4.25. The van der Waals surface area contributed by atoms with Crippen molar-refractivity contribution < 1.29 is 4.92 Å². The zero-order valence-corrected chi connectivity index (χ0v) is 8.27. The lowest BCUT2D eigenvalue weighted by molar-refractivity contribution is -0.389. The minimum Gasteiger partial charge on any atom is -0.358 e. The molecule has 0 unspecified atom stereocenters. The summed E-state index contributed by atoms with van der Waals surface area (Å²) in [7, 11) is 0. The van der Waals surface area contributed by atoms with Crippen molar-refractivity contribution in [2.75, 3.05) is 0 Å². The first-order valence-corrected chi connectivity index (χ1v) is 5.13. The van der Waals surface area contributed by atoms with Gasteiger partial charge in [-0.2, -0.15) is 4.40 Å². The molecular formula is C9H5N3O2S. The molecule has 0 aliphatic heterocycles. The maximum absolute atomic E-state index is 10.8. The lowest BCUT2D eigenvalue weighted by Gasteiger charge is -1.95. The van der Waals surface area contributed by atoms with Crippen LogP contribution in [0.2, 0.25) is 0 Å². The van der Waals surface area contributed by atoms with E-state index in [1.165, 1.54) is 17.4 Å². The Hall–Kier alpha value is -1.95. The molecule has 15 heavy (non-hydrogen) atoms. The second-order valence-corrected chi connectivity index (χ2v) is 3.97. The van der Waals surface area contributed by atoms with Crippen molar-refractivity contribution in [3.63, 3.8) is 0 Å². The lowest BCUT2D eigenvalue weighted by Crippen LogP contribution is -1.94. The fourth-order valence-electron chi connectivity index (χ4n) is 1.60. The van der Waals surface area contributed by atoms with Crippen molar-refractivity contribution >= 4 is 33.0 Å². The first-order chi connectivity index (χ1) is 7.27. The van der Waals surface area contributed by atoms with Gasteiger partial charge in [0, 0.05) is 6.07 Å². The van der Waals surface area contributed by atoms with Crippen LogP contribution in [0, 0.1) is 10.1 Å². The third-order valence-electron chi connectivity index (χ3n) is 2.24. The van der Waals surface area contributed by atoms with E-state index in [1.54, 1.807) is 16.7 Å². The Labute approximate surface area is 87.7 Å². The molecule has 0 radical (unpaired) electrons. The molecule has 6 heteroatoms. The smallest absolute Gasteiger partial charge is 0.329 e. The Bertz CT molecular complexity index is 670. The van der Waals surface area contributed by atoms with Crippen molar-refractivity contribution in [3.8, 4) is 0 Å². The minimum atomic E-state index is -0.383. The van der Waals surface area contributed by atoms with E-state index in [2.05, 4.69) is 4.98 Å². The second-order valence-electron chi connectivity index (χ2n) is 3.08. The molecule has 0 saturated heterocycles. The van der Waals surface area contributed by atoms with Gasteiger partial charge in [-0.15, -0.1) is 11.3 Å². The average Bonchev–Trinajstić information content (AvgIpc) is 2.82. The molecule has 0 saturated carbocycles. The van der Waals surface area contributed by atoms with Crippen LogP contribution in [0.3, 0.4) is 0 Å². The quantitative estimate of drug-likeness (QED) is 0.466. The van der Waals surface area contributed by atoms with Crippen molar-refractivity contribution in [3.05, 3.63) is 39.9 Å². The average molecular weight is 219 g/mol. The summed E-state index contributed by atoms with van der Waals surface area (Å²) < 4.78 is 1.62. The summed E-state index contributed by atoms with van der Waals surface area (Å²) >= 11 is 1.45. The summed E-state index contributed by atoms with van der Waals surface area (Å²) in [6.45, 7) is 0. The van der Waals surface area contributed by atoms with E-state index in [0.29, 0.717) is 0 Å². The van der Waals surface area contributed by atoms with E-state index in [1.807, 2.05) is 11.4 Å². The van der Waals surface area contributed by atoms with Gasteiger partial charge < -0.3 is 10.1 Å². The SMILES string of the molecule is O=[N+]([O-])c1ccc2cnc3ccsc3n12. The molecular weight excluding hydrogens is 214 g/mol. The van der Waals surface area contributed by atoms with E-state index < -0.39 is 0 Å². The molecule has 3 heterocycles. The first kappa shape index (κ1) is 8.37. The van der Waals surface area contributed by atoms with E-state index in [9.17, 15) is 10.1 Å². The maximum atomic E-state index is 10.8. The van der Waals surface area contributed by atoms with Gasteiger partial charge >= 0.3 is 5.82 Å². The molecule has 0 bridgehead atoms. The van der Waals surface area contributed by atoms with E-state index in [0.717, 1.165) is 15.9 Å². The van der Waals surface area contributed by atoms with Crippen molar-refractivity contribution in [1.29, 1.82) is 0 Å². The lowest BCUT2D eigenvalue weighted by atomic mass is 10.5. The molecule has 0 fully saturated rings. The van der Waals surface area contributed by atoms with Gasteiger partial charge in [0.05, 0.1) is 6.20 Å². The molecule has 0 aliphatic rings. The Morgan fingerprint density at radius 3 is 3.07 bits per heavy atom. The van der Waals surface area contributed by atoms with Crippen molar-refractivity contribution in [2.45, 2.75) is 0 Å². The van der Waals surface area contributed by atoms with Crippen molar-refractivity contribution in [2.24, 2.45) is 0 Å².